The third-order valence-electron chi connectivity index (χ3n) is 21.3. The Kier molecular flexibility index (Phi) is 51.8. The molecule has 1 heterocycles. The molecule has 0 spiro atoms. The Morgan fingerprint density at radius 1 is 0.450 bits per heavy atom. The maximum absolute atomic E-state index is 14.6. The number of amides is 3. The van der Waals surface area contributed by atoms with Crippen LogP contribution in [0.2, 0.25) is 36.3 Å². The van der Waals surface area contributed by atoms with Crippen LogP contribution in [0, 0.1) is 97.1 Å². The first-order valence-electron chi connectivity index (χ1n) is 43.1. The molecule has 0 bridgehead atoms. The van der Waals surface area contributed by atoms with E-state index in [1.54, 1.807) is 21.9 Å². The quantitative estimate of drug-likeness (QED) is 0.0153. The van der Waals surface area contributed by atoms with Gasteiger partial charge in [-0.15, -0.1) is 0 Å². The van der Waals surface area contributed by atoms with Gasteiger partial charge in [-0.1, -0.05) is 193 Å². The molecule has 4 N–H and O–H groups in total. The summed E-state index contributed by atoms with van der Waals surface area (Å²) < 4.78 is 95.2. The molecule has 1 aliphatic rings. The maximum atomic E-state index is 14.6. The van der Waals surface area contributed by atoms with Crippen LogP contribution in [0.5, 0.6) is 17.2 Å². The summed E-state index contributed by atoms with van der Waals surface area (Å²) in [7, 11) is -3.55. The highest BCUT2D eigenvalue weighted by atomic mass is 79.9. The van der Waals surface area contributed by atoms with Crippen LogP contribution in [0.15, 0.2) is 257 Å². The van der Waals surface area contributed by atoms with Gasteiger partial charge in [-0.25, -0.2) is 22.0 Å². The molecule has 0 radical (unpaired) electrons. The van der Waals surface area contributed by atoms with Crippen molar-refractivity contribution in [2.24, 2.45) is 0 Å². The van der Waals surface area contributed by atoms with Gasteiger partial charge in [0, 0.05) is 70.0 Å². The number of halogens is 11. The molecule has 0 aliphatic carbocycles. The first-order chi connectivity index (χ1) is 66.7. The van der Waals surface area contributed by atoms with E-state index in [4.69, 9.17) is 45.0 Å². The molecular weight excluding hydrogens is 2230 g/mol. The van der Waals surface area contributed by atoms with Gasteiger partial charge >= 0.3 is 0 Å². The average molecular weight is 2330 g/mol. The molecule has 1 aliphatic heterocycles. The number of fused-ring (bicyclic) bond motifs is 1. The van der Waals surface area contributed by atoms with Crippen molar-refractivity contribution in [1.82, 2.24) is 25.3 Å². The summed E-state index contributed by atoms with van der Waals surface area (Å²) in [6.45, 7) is 29.3. The van der Waals surface area contributed by atoms with Gasteiger partial charge in [0.1, 0.15) is 66.2 Å². The number of ether oxygens (including phenoxy) is 3. The van der Waals surface area contributed by atoms with E-state index in [1.165, 1.54) is 58.5 Å². The van der Waals surface area contributed by atoms with Gasteiger partial charge in [-0.3, -0.25) is 24.0 Å². The number of hydrogen-bond donors (Lipinski definition) is 4. The third-order valence-corrected chi connectivity index (χ3v) is 35.1. The zero-order valence-corrected chi connectivity index (χ0v) is 89.9. The van der Waals surface area contributed by atoms with Crippen LogP contribution in [0.25, 0.3) is 0 Å². The Morgan fingerprint density at radius 3 is 1.18 bits per heavy atom. The van der Waals surface area contributed by atoms with E-state index >= 15 is 0 Å². The minimum Gasteiger partial charge on any atom is -0.491 e. The second-order valence-electron chi connectivity index (χ2n) is 33.0. The Morgan fingerprint density at radius 2 is 0.800 bits per heavy atom. The van der Waals surface area contributed by atoms with Crippen molar-refractivity contribution in [1.29, 1.82) is 31.6 Å². The zero-order valence-electron chi connectivity index (χ0n) is 78.4. The summed E-state index contributed by atoms with van der Waals surface area (Å²) in [6.07, 6.45) is 0. The van der Waals surface area contributed by atoms with Crippen molar-refractivity contribution in [2.75, 3.05) is 65.8 Å². The lowest BCUT2D eigenvalue weighted by atomic mass is 10.1. The fourth-order valence-corrected chi connectivity index (χ4v) is 17.0. The molecule has 732 valence electrons. The van der Waals surface area contributed by atoms with Crippen LogP contribution in [0.3, 0.4) is 0 Å². The van der Waals surface area contributed by atoms with Crippen LogP contribution >= 0.6 is 95.6 Å². The summed E-state index contributed by atoms with van der Waals surface area (Å²) in [5.41, 5.74) is 7.22. The molecule has 0 saturated heterocycles. The molecule has 11 aromatic rings. The number of hydrogen-bond acceptors (Lipinski definition) is 20. The molecule has 0 atom stereocenters. The van der Waals surface area contributed by atoms with E-state index in [1.807, 2.05) is 146 Å². The lowest BCUT2D eigenvalue weighted by Crippen LogP contribution is -2.43. The largest absolute Gasteiger partial charge is 0.491 e. The summed E-state index contributed by atoms with van der Waals surface area (Å²) in [6, 6.07) is 77.6. The van der Waals surface area contributed by atoms with Crippen molar-refractivity contribution >= 4 is 143 Å². The number of carbonyl (C=O) groups is 5. The van der Waals surface area contributed by atoms with E-state index in [0.29, 0.717) is 82.4 Å². The normalized spacial score (nSPS) is 11.1. The topological polar surface area (TPSA) is 348 Å². The van der Waals surface area contributed by atoms with Gasteiger partial charge in [0.15, 0.2) is 39.8 Å². The van der Waals surface area contributed by atoms with Crippen molar-refractivity contribution in [3.8, 4) is 53.7 Å². The van der Waals surface area contributed by atoms with Crippen molar-refractivity contribution in [3.63, 3.8) is 0 Å². The Labute approximate surface area is 866 Å². The molecular formula is C104H104Br6F5N11O12Si2. The number of nitrogens with one attached hydrogen (secondary N) is 2. The molecule has 0 saturated carbocycles. The summed E-state index contributed by atoms with van der Waals surface area (Å²) in [5.74, 6) is -4.30. The molecule has 140 heavy (non-hydrogen) atoms. The van der Waals surface area contributed by atoms with E-state index < -0.39 is 51.7 Å². The second-order valence-corrected chi connectivity index (χ2v) is 47.5. The predicted octanol–water partition coefficient (Wildman–Crippen LogP) is 23.6. The van der Waals surface area contributed by atoms with E-state index in [9.17, 15) is 56.3 Å². The van der Waals surface area contributed by atoms with Gasteiger partial charge < -0.3 is 58.6 Å². The summed E-state index contributed by atoms with van der Waals surface area (Å²) in [4.78, 5) is 63.5. The van der Waals surface area contributed by atoms with Crippen molar-refractivity contribution < 1.29 is 79.2 Å². The van der Waals surface area contributed by atoms with E-state index in [0.717, 1.165) is 67.2 Å². The molecule has 3 amide bonds. The SMILES string of the molecule is CC(C)(C)[Si](C)(C)OCCN(Cc1ccccc1)C(=O)c1c(F)ccc(C#N)c1Br.CC(C)(C)[Si](C)(C)OCCNCc1ccccc1.N#Cc1ccc(F)c(C(=O)N(CCO)Cc2ccccc2)c1Br.N#Cc1ccc(F)c(OC=O)c1Br.N#Cc1ccc(F)c(OC=O)c1Br.N#Cc1ccc(F)cc1Br.N#Cc1ccc2c(c1Br)C(=O)N(Cc1ccccc1)CCO2.OCCNCc1ccccc1. The zero-order chi connectivity index (χ0) is 104. The van der Waals surface area contributed by atoms with Gasteiger partial charge in [0.25, 0.3) is 30.7 Å². The Hall–Kier alpha value is -11.8. The minimum absolute atomic E-state index is 0.0531. The highest BCUT2D eigenvalue weighted by Crippen LogP contribution is 2.40. The Bertz CT molecular complexity index is 6110. The number of rotatable bonds is 28. The van der Waals surface area contributed by atoms with Gasteiger partial charge in [-0.05, 0) is 239 Å². The molecule has 0 fully saturated rings. The van der Waals surface area contributed by atoms with Crippen LogP contribution in [0.1, 0.15) is 134 Å². The molecule has 23 nitrogen and oxygen atoms in total. The second kappa shape index (κ2) is 61.1. The predicted molar refractivity (Wildman–Crippen MR) is 552 cm³/mol. The number of nitriles is 6. The number of aliphatic hydroxyl groups is 2. The number of aliphatic hydroxyl groups excluding tert-OH is 2. The van der Waals surface area contributed by atoms with E-state index in [-0.39, 0.29) is 119 Å². The minimum atomic E-state index is -1.98. The molecule has 11 aromatic carbocycles. The number of nitrogens with zero attached hydrogens (tertiary/aromatic N) is 9. The number of benzene rings is 11. The summed E-state index contributed by atoms with van der Waals surface area (Å²) in [5, 5.41) is 77.5. The van der Waals surface area contributed by atoms with Crippen molar-refractivity contribution in [3.05, 3.63) is 364 Å². The lowest BCUT2D eigenvalue weighted by Gasteiger charge is -2.37. The van der Waals surface area contributed by atoms with Gasteiger partial charge in [0.2, 0.25) is 0 Å². The lowest BCUT2D eigenvalue weighted by molar-refractivity contribution is -0.121. The van der Waals surface area contributed by atoms with E-state index in [2.05, 4.69) is 226 Å². The third kappa shape index (κ3) is 38.0. The first kappa shape index (κ1) is 119. The van der Waals surface area contributed by atoms with Gasteiger partial charge in [-0.2, -0.15) is 31.6 Å². The monoisotopic (exact) mass is 2320 g/mol. The van der Waals surface area contributed by atoms with Crippen LogP contribution in [-0.2, 0) is 51.2 Å². The smallest absolute Gasteiger partial charge is 0.298 e. The van der Waals surface area contributed by atoms with Crippen LogP contribution < -0.4 is 24.8 Å². The van der Waals surface area contributed by atoms with Crippen LogP contribution in [0.4, 0.5) is 22.0 Å². The maximum Gasteiger partial charge on any atom is 0.298 e. The Balaban J connectivity index is 0.000000289. The van der Waals surface area contributed by atoms with Crippen molar-refractivity contribution in [2.45, 2.75) is 111 Å². The highest BCUT2D eigenvalue weighted by Gasteiger charge is 2.39. The fourth-order valence-electron chi connectivity index (χ4n) is 11.8. The standard InChI is InChI=1S/C23H28BrFN2O2Si.C17H14BrFN2O2.C17H13BrN2O2.C15H27NOSi.C9H13NO.2C8H3BrFNO2.C7H3BrFN/c1-23(2,3)30(4,5)29-14-13-27(16-17-9-7-6-8-10-17)22(28)20-19(25)12-11-18(15-26)21(20)24;18-16-13(10-20)6-7-14(19)15(16)17(23)21(8-9-22)11-12-4-2-1-3-5-12;18-16-13(10-19)6-7-14-15(16)17(21)20(8-9-22-14)11-12-4-2-1-3-5-12;1-15(2,3)18(4,5)17-12-11-16-13-14-9-7-6-8-10-14;11-7-6-10-8-9-4-2-1-3-5-9;2*9-7-5(3-11)1-2-6(10)8(7)13-4-12;8-7-3-6(9)2-1-5(7)4-10/h6-12H,13-14,16H2,1-5H3;1-7,22H,8-9,11H2;1-7H,8-9,11H2;6-10,16H,11-13H2,1-5H3;1-5,10-11H,6-8H2;2*1-2,4H;1-3H. The number of carbonyl (C=O) groups excluding carboxylic acids is 5. The molecule has 0 unspecified atom stereocenters. The first-order valence-corrected chi connectivity index (χ1v) is 53.7. The highest BCUT2D eigenvalue weighted by molar-refractivity contribution is 9.11. The molecule has 36 heteroatoms. The molecule has 12 rings (SSSR count). The fraction of sp³-hybridized carbons (Fsp3) is 0.260. The van der Waals surface area contributed by atoms with Crippen LogP contribution in [-0.4, -0.2) is 138 Å². The summed E-state index contributed by atoms with van der Waals surface area (Å²) >= 11 is 18.7. The van der Waals surface area contributed by atoms with Gasteiger partial charge in [0.05, 0.1) is 98.8 Å². The molecule has 0 aromatic heterocycles. The average Bonchev–Trinajstić information content (AvgIpc) is 0.818.